The minimum absolute atomic E-state index is 0.227. The number of hydrogen-bond acceptors (Lipinski definition) is 5. The SMILES string of the molecule is N#Cc1ccccc1OCC(=O)NN1C(=O)NC(c2ccccc2)(c2ccccc2)C1=O. The molecule has 158 valence electrons. The van der Waals surface area contributed by atoms with E-state index in [9.17, 15) is 14.4 Å². The van der Waals surface area contributed by atoms with E-state index in [2.05, 4.69) is 10.7 Å². The van der Waals surface area contributed by atoms with Crippen LogP contribution in [-0.4, -0.2) is 29.5 Å². The second kappa shape index (κ2) is 8.62. The zero-order chi connectivity index (χ0) is 22.6. The molecule has 8 nitrogen and oxygen atoms in total. The van der Waals surface area contributed by atoms with Gasteiger partial charge in [0.25, 0.3) is 11.8 Å². The first-order valence-electron chi connectivity index (χ1n) is 9.75. The van der Waals surface area contributed by atoms with Gasteiger partial charge < -0.3 is 10.1 Å². The van der Waals surface area contributed by atoms with Gasteiger partial charge in [0, 0.05) is 0 Å². The molecule has 0 spiro atoms. The lowest BCUT2D eigenvalue weighted by atomic mass is 9.83. The average Bonchev–Trinajstić information content (AvgIpc) is 3.09. The Bertz CT molecular complexity index is 1170. The number of nitrogens with one attached hydrogen (secondary N) is 2. The molecule has 0 atom stereocenters. The minimum atomic E-state index is -1.48. The molecule has 4 amide bonds. The number of amides is 4. The van der Waals surface area contributed by atoms with E-state index in [4.69, 9.17) is 10.00 Å². The van der Waals surface area contributed by atoms with Crippen molar-refractivity contribution in [2.24, 2.45) is 0 Å². The normalized spacial score (nSPS) is 14.4. The molecule has 1 saturated heterocycles. The number of nitriles is 1. The molecule has 4 rings (SSSR count). The standard InChI is InChI=1S/C24H18N4O4/c25-15-17-9-7-8-14-20(17)32-16-21(29)27-28-22(30)24(26-23(28)31,18-10-3-1-4-11-18)19-12-5-2-6-13-19/h1-14H,16H2,(H,26,31)(H,27,29). The summed E-state index contributed by atoms with van der Waals surface area (Å²) in [4.78, 5) is 38.7. The fourth-order valence-electron chi connectivity index (χ4n) is 3.55. The molecule has 0 aliphatic carbocycles. The number of carbonyl (C=O) groups excluding carboxylic acids is 3. The van der Waals surface area contributed by atoms with Crippen LogP contribution in [0, 0.1) is 11.3 Å². The van der Waals surface area contributed by atoms with Crippen molar-refractivity contribution in [2.75, 3.05) is 6.61 Å². The van der Waals surface area contributed by atoms with Gasteiger partial charge >= 0.3 is 6.03 Å². The van der Waals surface area contributed by atoms with Crippen LogP contribution in [0.15, 0.2) is 84.9 Å². The van der Waals surface area contributed by atoms with Gasteiger partial charge in [-0.05, 0) is 23.3 Å². The van der Waals surface area contributed by atoms with Gasteiger partial charge in [-0.1, -0.05) is 72.8 Å². The number of carbonyl (C=O) groups is 3. The quantitative estimate of drug-likeness (QED) is 0.588. The average molecular weight is 426 g/mol. The third-order valence-electron chi connectivity index (χ3n) is 5.04. The van der Waals surface area contributed by atoms with Gasteiger partial charge in [0.2, 0.25) is 0 Å². The van der Waals surface area contributed by atoms with Crippen molar-refractivity contribution in [3.63, 3.8) is 0 Å². The zero-order valence-corrected chi connectivity index (χ0v) is 16.8. The maximum Gasteiger partial charge on any atom is 0.344 e. The van der Waals surface area contributed by atoms with Crippen LogP contribution in [0.25, 0.3) is 0 Å². The Balaban J connectivity index is 1.57. The second-order valence-corrected chi connectivity index (χ2v) is 6.98. The number of imide groups is 1. The Morgan fingerprint density at radius 3 is 2.09 bits per heavy atom. The molecule has 3 aromatic carbocycles. The first-order chi connectivity index (χ1) is 15.6. The summed E-state index contributed by atoms with van der Waals surface area (Å²) in [5.74, 6) is -1.14. The van der Waals surface area contributed by atoms with Crippen molar-refractivity contribution < 1.29 is 19.1 Å². The van der Waals surface area contributed by atoms with Crippen LogP contribution >= 0.6 is 0 Å². The number of hydrazine groups is 1. The van der Waals surface area contributed by atoms with Gasteiger partial charge in [-0.2, -0.15) is 10.3 Å². The Hall–Kier alpha value is -4.64. The number of hydrogen-bond donors (Lipinski definition) is 2. The summed E-state index contributed by atoms with van der Waals surface area (Å²) in [5.41, 5.74) is 2.20. The van der Waals surface area contributed by atoms with E-state index in [-0.39, 0.29) is 11.3 Å². The lowest BCUT2D eigenvalue weighted by molar-refractivity contribution is -0.139. The highest BCUT2D eigenvalue weighted by Crippen LogP contribution is 2.35. The second-order valence-electron chi connectivity index (χ2n) is 6.98. The fraction of sp³-hybridized carbons (Fsp3) is 0.0833. The summed E-state index contributed by atoms with van der Waals surface area (Å²) in [6, 6.07) is 25.3. The molecular weight excluding hydrogens is 408 g/mol. The van der Waals surface area contributed by atoms with Crippen molar-refractivity contribution in [1.29, 1.82) is 5.26 Å². The third-order valence-corrected chi connectivity index (χ3v) is 5.04. The van der Waals surface area contributed by atoms with Gasteiger partial charge in [0.05, 0.1) is 5.56 Å². The first kappa shape index (κ1) is 20.6. The topological polar surface area (TPSA) is 112 Å². The van der Waals surface area contributed by atoms with E-state index in [1.807, 2.05) is 6.07 Å². The maximum absolute atomic E-state index is 13.5. The van der Waals surface area contributed by atoms with Crippen molar-refractivity contribution >= 4 is 17.8 Å². The van der Waals surface area contributed by atoms with Crippen LogP contribution in [0.1, 0.15) is 16.7 Å². The van der Waals surface area contributed by atoms with Gasteiger partial charge in [0.15, 0.2) is 12.1 Å². The summed E-state index contributed by atoms with van der Waals surface area (Å²) >= 11 is 0. The highest BCUT2D eigenvalue weighted by molar-refractivity contribution is 6.10. The maximum atomic E-state index is 13.5. The molecule has 8 heteroatoms. The molecule has 0 radical (unpaired) electrons. The predicted octanol–water partition coefficient (Wildman–Crippen LogP) is 2.46. The summed E-state index contributed by atoms with van der Waals surface area (Å²) in [5, 5.41) is 12.5. The van der Waals surface area contributed by atoms with Crippen LogP contribution in [0.3, 0.4) is 0 Å². The molecular formula is C24H18N4O4. The summed E-state index contributed by atoms with van der Waals surface area (Å²) in [6.45, 7) is -0.487. The molecule has 32 heavy (non-hydrogen) atoms. The molecule has 3 aromatic rings. The summed E-state index contributed by atoms with van der Waals surface area (Å²) < 4.78 is 5.39. The Labute approximate surface area is 184 Å². The zero-order valence-electron chi connectivity index (χ0n) is 16.8. The largest absolute Gasteiger partial charge is 0.482 e. The van der Waals surface area contributed by atoms with E-state index in [1.54, 1.807) is 84.9 Å². The number of para-hydroxylation sites is 1. The number of nitrogens with zero attached hydrogens (tertiary/aromatic N) is 2. The van der Waals surface area contributed by atoms with Crippen molar-refractivity contribution in [2.45, 2.75) is 5.54 Å². The Morgan fingerprint density at radius 2 is 1.50 bits per heavy atom. The van der Waals surface area contributed by atoms with Crippen LogP contribution in [0.2, 0.25) is 0 Å². The van der Waals surface area contributed by atoms with E-state index < -0.39 is 30.0 Å². The van der Waals surface area contributed by atoms with E-state index in [0.717, 1.165) is 0 Å². The predicted molar refractivity (Wildman–Crippen MR) is 114 cm³/mol. The molecule has 1 aliphatic rings. The van der Waals surface area contributed by atoms with Gasteiger partial charge in [-0.25, -0.2) is 4.79 Å². The lowest BCUT2D eigenvalue weighted by Gasteiger charge is -2.27. The molecule has 2 N–H and O–H groups in total. The highest BCUT2D eigenvalue weighted by atomic mass is 16.5. The Morgan fingerprint density at radius 1 is 0.938 bits per heavy atom. The Kier molecular flexibility index (Phi) is 5.55. The molecule has 1 heterocycles. The molecule has 0 aromatic heterocycles. The van der Waals surface area contributed by atoms with Crippen molar-refractivity contribution in [3.05, 3.63) is 102 Å². The fourth-order valence-corrected chi connectivity index (χ4v) is 3.55. The molecule has 0 saturated carbocycles. The third kappa shape index (κ3) is 3.63. The van der Waals surface area contributed by atoms with Crippen LogP contribution in [-0.2, 0) is 15.1 Å². The van der Waals surface area contributed by atoms with Gasteiger partial charge in [0.1, 0.15) is 11.8 Å². The van der Waals surface area contributed by atoms with Crippen LogP contribution in [0.5, 0.6) is 5.75 Å². The van der Waals surface area contributed by atoms with E-state index >= 15 is 0 Å². The number of benzene rings is 3. The van der Waals surface area contributed by atoms with Gasteiger partial charge in [-0.15, -0.1) is 0 Å². The number of urea groups is 1. The molecule has 1 aliphatic heterocycles. The number of ether oxygens (including phenoxy) is 1. The summed E-state index contributed by atoms with van der Waals surface area (Å²) in [7, 11) is 0. The van der Waals surface area contributed by atoms with Crippen molar-refractivity contribution in [1.82, 2.24) is 15.8 Å². The van der Waals surface area contributed by atoms with Crippen molar-refractivity contribution in [3.8, 4) is 11.8 Å². The monoisotopic (exact) mass is 426 g/mol. The lowest BCUT2D eigenvalue weighted by Crippen LogP contribution is -2.50. The molecule has 0 bridgehead atoms. The minimum Gasteiger partial charge on any atom is -0.482 e. The molecule has 0 unspecified atom stereocenters. The first-order valence-corrected chi connectivity index (χ1v) is 9.75. The van der Waals surface area contributed by atoms with E-state index in [1.165, 1.54) is 0 Å². The molecule has 1 fully saturated rings. The van der Waals surface area contributed by atoms with E-state index in [0.29, 0.717) is 16.1 Å². The highest BCUT2D eigenvalue weighted by Gasteiger charge is 2.54. The van der Waals surface area contributed by atoms with Crippen LogP contribution in [0.4, 0.5) is 4.79 Å². The van der Waals surface area contributed by atoms with Crippen LogP contribution < -0.4 is 15.5 Å². The smallest absolute Gasteiger partial charge is 0.344 e. The van der Waals surface area contributed by atoms with Gasteiger partial charge in [-0.3, -0.25) is 15.0 Å². The number of rotatable bonds is 6. The summed E-state index contributed by atoms with van der Waals surface area (Å²) in [6.07, 6.45) is 0.